The van der Waals surface area contributed by atoms with E-state index in [0.717, 1.165) is 12.3 Å². The van der Waals surface area contributed by atoms with Crippen molar-refractivity contribution in [3.63, 3.8) is 0 Å². The summed E-state index contributed by atoms with van der Waals surface area (Å²) in [6.45, 7) is 9.09. The highest BCUT2D eigenvalue weighted by Gasteiger charge is 2.18. The van der Waals surface area contributed by atoms with Gasteiger partial charge < -0.3 is 5.32 Å². The largest absolute Gasteiger partial charge is 0.312 e. The summed E-state index contributed by atoms with van der Waals surface area (Å²) in [5, 5.41) is 4.06. The molecule has 18 heavy (non-hydrogen) atoms. The zero-order valence-corrected chi connectivity index (χ0v) is 13.2. The van der Waals surface area contributed by atoms with Crippen molar-refractivity contribution in [2.45, 2.75) is 45.4 Å². The van der Waals surface area contributed by atoms with Crippen LogP contribution in [0.25, 0.3) is 0 Å². The Balaban J connectivity index is 2.68. The molecule has 1 N–H and O–H groups in total. The molecule has 0 heterocycles. The average molecular weight is 265 g/mol. The molecule has 1 aromatic carbocycles. The van der Waals surface area contributed by atoms with Crippen LogP contribution < -0.4 is 5.32 Å². The SMILES string of the molecule is CCc1ccc(C(NC)C(C)SCC(C)C)cc1. The molecule has 2 unspecified atom stereocenters. The Kier molecular flexibility index (Phi) is 6.80. The molecular weight excluding hydrogens is 238 g/mol. The van der Waals surface area contributed by atoms with E-state index < -0.39 is 0 Å². The van der Waals surface area contributed by atoms with Crippen molar-refractivity contribution in [3.05, 3.63) is 35.4 Å². The van der Waals surface area contributed by atoms with Crippen LogP contribution in [0.3, 0.4) is 0 Å². The number of hydrogen-bond acceptors (Lipinski definition) is 2. The number of hydrogen-bond donors (Lipinski definition) is 1. The summed E-state index contributed by atoms with van der Waals surface area (Å²) in [6, 6.07) is 9.48. The van der Waals surface area contributed by atoms with Gasteiger partial charge in [-0.2, -0.15) is 11.8 Å². The maximum absolute atomic E-state index is 3.46. The van der Waals surface area contributed by atoms with Gasteiger partial charge in [-0.25, -0.2) is 0 Å². The van der Waals surface area contributed by atoms with Crippen molar-refractivity contribution in [2.75, 3.05) is 12.8 Å². The number of aryl methyl sites for hydroxylation is 1. The summed E-state index contributed by atoms with van der Waals surface area (Å²) in [5.41, 5.74) is 2.81. The molecule has 2 heteroatoms. The molecule has 0 bridgehead atoms. The summed E-state index contributed by atoms with van der Waals surface area (Å²) in [5.74, 6) is 1.99. The summed E-state index contributed by atoms with van der Waals surface area (Å²) in [6.07, 6.45) is 1.11. The van der Waals surface area contributed by atoms with Crippen molar-refractivity contribution in [1.82, 2.24) is 5.32 Å². The highest BCUT2D eigenvalue weighted by atomic mass is 32.2. The predicted molar refractivity (Wildman–Crippen MR) is 84.4 cm³/mol. The van der Waals surface area contributed by atoms with E-state index >= 15 is 0 Å². The Morgan fingerprint density at radius 2 is 1.72 bits per heavy atom. The first-order valence-corrected chi connectivity index (χ1v) is 8.01. The molecule has 1 aromatic rings. The van der Waals surface area contributed by atoms with E-state index in [1.54, 1.807) is 0 Å². The lowest BCUT2D eigenvalue weighted by Crippen LogP contribution is -2.25. The third-order valence-corrected chi connectivity index (χ3v) is 4.88. The van der Waals surface area contributed by atoms with Crippen LogP contribution >= 0.6 is 11.8 Å². The zero-order valence-electron chi connectivity index (χ0n) is 12.4. The Labute approximate surface area is 117 Å². The minimum atomic E-state index is 0.444. The number of benzene rings is 1. The van der Waals surface area contributed by atoms with Crippen LogP contribution in [0.1, 0.15) is 44.9 Å². The van der Waals surface area contributed by atoms with Crippen LogP contribution in [0.2, 0.25) is 0 Å². The zero-order chi connectivity index (χ0) is 13.5. The smallest absolute Gasteiger partial charge is 0.0435 e. The van der Waals surface area contributed by atoms with Crippen LogP contribution in [0.4, 0.5) is 0 Å². The number of thioether (sulfide) groups is 1. The molecule has 0 aliphatic carbocycles. The van der Waals surface area contributed by atoms with E-state index in [-0.39, 0.29) is 0 Å². The van der Waals surface area contributed by atoms with Crippen LogP contribution in [0.5, 0.6) is 0 Å². The normalized spacial score (nSPS) is 14.8. The van der Waals surface area contributed by atoms with Gasteiger partial charge in [0.15, 0.2) is 0 Å². The van der Waals surface area contributed by atoms with Gasteiger partial charge >= 0.3 is 0 Å². The Bertz CT molecular complexity index is 331. The molecule has 0 radical (unpaired) electrons. The lowest BCUT2D eigenvalue weighted by molar-refractivity contribution is 0.587. The molecule has 0 aliphatic rings. The molecule has 0 spiro atoms. The van der Waals surface area contributed by atoms with E-state index in [1.165, 1.54) is 16.9 Å². The van der Waals surface area contributed by atoms with Crippen LogP contribution in [-0.4, -0.2) is 18.1 Å². The lowest BCUT2D eigenvalue weighted by Gasteiger charge is -2.24. The second-order valence-electron chi connectivity index (χ2n) is 5.29. The molecule has 102 valence electrons. The van der Waals surface area contributed by atoms with Gasteiger partial charge in [-0.05, 0) is 36.3 Å². The molecular formula is C16H27NS. The van der Waals surface area contributed by atoms with Crippen molar-refractivity contribution >= 4 is 11.8 Å². The maximum atomic E-state index is 3.46. The molecule has 0 aromatic heterocycles. The predicted octanol–water partition coefficient (Wildman–Crippen LogP) is 4.29. The quantitative estimate of drug-likeness (QED) is 0.789. The Hall–Kier alpha value is -0.470. The van der Waals surface area contributed by atoms with E-state index in [9.17, 15) is 0 Å². The molecule has 0 amide bonds. The summed E-state index contributed by atoms with van der Waals surface area (Å²) in [4.78, 5) is 0. The Morgan fingerprint density at radius 3 is 2.17 bits per heavy atom. The molecule has 0 saturated heterocycles. The van der Waals surface area contributed by atoms with Gasteiger partial charge in [-0.3, -0.25) is 0 Å². The number of rotatable bonds is 7. The molecule has 0 fully saturated rings. The molecule has 0 saturated carbocycles. The van der Waals surface area contributed by atoms with Crippen molar-refractivity contribution in [1.29, 1.82) is 0 Å². The number of nitrogens with one attached hydrogen (secondary N) is 1. The van der Waals surface area contributed by atoms with Crippen LogP contribution in [0, 0.1) is 5.92 Å². The van der Waals surface area contributed by atoms with E-state index in [2.05, 4.69) is 76.1 Å². The second-order valence-corrected chi connectivity index (χ2v) is 6.70. The van der Waals surface area contributed by atoms with Crippen molar-refractivity contribution in [3.8, 4) is 0 Å². The van der Waals surface area contributed by atoms with E-state index in [1.807, 2.05) is 0 Å². The summed E-state index contributed by atoms with van der Waals surface area (Å²) < 4.78 is 0. The fourth-order valence-electron chi connectivity index (χ4n) is 2.07. The van der Waals surface area contributed by atoms with Crippen LogP contribution in [0.15, 0.2) is 24.3 Å². The average Bonchev–Trinajstić information content (AvgIpc) is 2.38. The highest BCUT2D eigenvalue weighted by molar-refractivity contribution is 7.99. The molecule has 2 atom stereocenters. The van der Waals surface area contributed by atoms with Gasteiger partial charge in [0, 0.05) is 11.3 Å². The summed E-state index contributed by atoms with van der Waals surface area (Å²) in [7, 11) is 2.06. The first-order chi connectivity index (χ1) is 8.58. The lowest BCUT2D eigenvalue weighted by atomic mass is 10.0. The first-order valence-electron chi connectivity index (χ1n) is 6.96. The minimum absolute atomic E-state index is 0.444. The molecule has 1 rings (SSSR count). The molecule has 0 aliphatic heterocycles. The van der Waals surface area contributed by atoms with Gasteiger partial charge in [0.25, 0.3) is 0 Å². The fourth-order valence-corrected chi connectivity index (χ4v) is 3.25. The minimum Gasteiger partial charge on any atom is -0.312 e. The van der Waals surface area contributed by atoms with Crippen molar-refractivity contribution in [2.24, 2.45) is 5.92 Å². The third-order valence-electron chi connectivity index (χ3n) is 3.22. The first kappa shape index (κ1) is 15.6. The standard InChI is InChI=1S/C16H27NS/c1-6-14-7-9-15(10-8-14)16(17-5)13(4)18-11-12(2)3/h7-10,12-13,16-17H,6,11H2,1-5H3. The van der Waals surface area contributed by atoms with Crippen LogP contribution in [-0.2, 0) is 6.42 Å². The topological polar surface area (TPSA) is 12.0 Å². The summed E-state index contributed by atoms with van der Waals surface area (Å²) >= 11 is 2.06. The second kappa shape index (κ2) is 7.85. The fraction of sp³-hybridized carbons (Fsp3) is 0.625. The highest BCUT2D eigenvalue weighted by Crippen LogP contribution is 2.27. The third kappa shape index (κ3) is 4.66. The van der Waals surface area contributed by atoms with Gasteiger partial charge in [0.05, 0.1) is 0 Å². The van der Waals surface area contributed by atoms with E-state index in [4.69, 9.17) is 0 Å². The van der Waals surface area contributed by atoms with Gasteiger partial charge in [-0.1, -0.05) is 52.0 Å². The van der Waals surface area contributed by atoms with E-state index in [0.29, 0.717) is 11.3 Å². The van der Waals surface area contributed by atoms with Crippen molar-refractivity contribution < 1.29 is 0 Å². The van der Waals surface area contributed by atoms with Gasteiger partial charge in [-0.15, -0.1) is 0 Å². The van der Waals surface area contributed by atoms with Gasteiger partial charge in [0.1, 0.15) is 0 Å². The van der Waals surface area contributed by atoms with Gasteiger partial charge in [0.2, 0.25) is 0 Å². The monoisotopic (exact) mass is 265 g/mol. The maximum Gasteiger partial charge on any atom is 0.0435 e. The Morgan fingerprint density at radius 1 is 1.11 bits per heavy atom. The molecule has 1 nitrogen and oxygen atoms in total.